The maximum atomic E-state index is 13.5. The van der Waals surface area contributed by atoms with Gasteiger partial charge in [-0.25, -0.2) is 4.39 Å². The van der Waals surface area contributed by atoms with Gasteiger partial charge in [-0.1, -0.05) is 18.2 Å². The van der Waals surface area contributed by atoms with Gasteiger partial charge >= 0.3 is 0 Å². The Kier molecular flexibility index (Phi) is 3.43. The average molecular weight is 211 g/mol. The van der Waals surface area contributed by atoms with E-state index in [0.717, 1.165) is 30.8 Å². The van der Waals surface area contributed by atoms with Crippen molar-refractivity contribution >= 4 is 11.8 Å². The molecule has 0 aromatic heterocycles. The lowest BCUT2D eigenvalue weighted by molar-refractivity contribution is 0.597. The molecule has 2 rings (SSSR count). The minimum Gasteiger partial charge on any atom is -0.316 e. The van der Waals surface area contributed by atoms with E-state index in [2.05, 4.69) is 5.32 Å². The van der Waals surface area contributed by atoms with E-state index in [1.165, 1.54) is 0 Å². The van der Waals surface area contributed by atoms with Crippen molar-refractivity contribution in [2.45, 2.75) is 11.7 Å². The fraction of sp³-hybridized carbons (Fsp3) is 0.455. The van der Waals surface area contributed by atoms with Crippen LogP contribution in [0.2, 0.25) is 0 Å². The lowest BCUT2D eigenvalue weighted by Crippen LogP contribution is -2.15. The average Bonchev–Trinajstić information content (AvgIpc) is 2.47. The molecule has 0 amide bonds. The molecule has 1 atom stereocenters. The first kappa shape index (κ1) is 9.99. The molecule has 76 valence electrons. The van der Waals surface area contributed by atoms with E-state index in [1.807, 2.05) is 23.9 Å². The Balaban J connectivity index is 2.16. The van der Waals surface area contributed by atoms with Crippen molar-refractivity contribution in [3.8, 4) is 0 Å². The summed E-state index contributed by atoms with van der Waals surface area (Å²) >= 11 is 1.85. The van der Waals surface area contributed by atoms with Crippen LogP contribution in [0.3, 0.4) is 0 Å². The molecule has 0 spiro atoms. The Morgan fingerprint density at radius 2 is 2.14 bits per heavy atom. The maximum absolute atomic E-state index is 13.5. The third kappa shape index (κ3) is 2.28. The third-order valence-corrected chi connectivity index (χ3v) is 3.77. The van der Waals surface area contributed by atoms with E-state index in [1.54, 1.807) is 12.1 Å². The van der Waals surface area contributed by atoms with Crippen LogP contribution in [0.15, 0.2) is 24.3 Å². The van der Waals surface area contributed by atoms with Crippen molar-refractivity contribution in [1.29, 1.82) is 0 Å². The highest BCUT2D eigenvalue weighted by atomic mass is 32.2. The largest absolute Gasteiger partial charge is 0.316 e. The van der Waals surface area contributed by atoms with Crippen LogP contribution in [-0.4, -0.2) is 18.8 Å². The third-order valence-electron chi connectivity index (χ3n) is 2.43. The first-order valence-corrected chi connectivity index (χ1v) is 5.99. The molecule has 1 aromatic carbocycles. The number of nitrogens with one attached hydrogen (secondary N) is 1. The summed E-state index contributed by atoms with van der Waals surface area (Å²) in [6.45, 7) is 2.03. The van der Waals surface area contributed by atoms with Gasteiger partial charge in [0.25, 0.3) is 0 Å². The van der Waals surface area contributed by atoms with Crippen molar-refractivity contribution < 1.29 is 4.39 Å². The normalized spacial score (nSPS) is 23.1. The number of benzene rings is 1. The number of hydrogen-bond donors (Lipinski definition) is 1. The standard InChI is InChI=1S/C11H14FNS/c12-10-4-2-1-3-9(10)11-5-6-13-7-8-14-11/h1-4,11,13H,5-8H2. The molecule has 3 heteroatoms. The van der Waals surface area contributed by atoms with E-state index >= 15 is 0 Å². The van der Waals surface area contributed by atoms with Gasteiger partial charge in [-0.15, -0.1) is 0 Å². The quantitative estimate of drug-likeness (QED) is 0.766. The monoisotopic (exact) mass is 211 g/mol. The van der Waals surface area contributed by atoms with E-state index in [0.29, 0.717) is 5.25 Å². The molecular weight excluding hydrogens is 197 g/mol. The van der Waals surface area contributed by atoms with Crippen molar-refractivity contribution in [2.24, 2.45) is 0 Å². The van der Waals surface area contributed by atoms with E-state index in [-0.39, 0.29) is 5.82 Å². The molecule has 0 saturated carbocycles. The van der Waals surface area contributed by atoms with Crippen LogP contribution in [0.4, 0.5) is 4.39 Å². The number of halogens is 1. The minimum absolute atomic E-state index is 0.0631. The van der Waals surface area contributed by atoms with Crippen LogP contribution in [0, 0.1) is 5.82 Å². The zero-order chi connectivity index (χ0) is 9.80. The fourth-order valence-corrected chi connectivity index (χ4v) is 2.90. The van der Waals surface area contributed by atoms with Crippen molar-refractivity contribution in [3.63, 3.8) is 0 Å². The molecule has 1 heterocycles. The molecule has 1 nitrogen and oxygen atoms in total. The van der Waals surface area contributed by atoms with Crippen LogP contribution >= 0.6 is 11.8 Å². The second-order valence-corrected chi connectivity index (χ2v) is 4.73. The zero-order valence-corrected chi connectivity index (χ0v) is 8.82. The van der Waals surface area contributed by atoms with Gasteiger partial charge in [0.2, 0.25) is 0 Å². The Morgan fingerprint density at radius 3 is 3.00 bits per heavy atom. The Labute approximate surface area is 88.1 Å². The summed E-state index contributed by atoms with van der Waals surface area (Å²) in [7, 11) is 0. The van der Waals surface area contributed by atoms with E-state index in [4.69, 9.17) is 0 Å². The van der Waals surface area contributed by atoms with Crippen LogP contribution in [0.5, 0.6) is 0 Å². The van der Waals surface area contributed by atoms with Crippen molar-refractivity contribution in [1.82, 2.24) is 5.32 Å². The molecule has 14 heavy (non-hydrogen) atoms. The second kappa shape index (κ2) is 4.80. The summed E-state index contributed by atoms with van der Waals surface area (Å²) in [4.78, 5) is 0. The van der Waals surface area contributed by atoms with Gasteiger partial charge in [0.15, 0.2) is 0 Å². The van der Waals surface area contributed by atoms with Gasteiger partial charge in [0, 0.05) is 23.1 Å². The van der Waals surface area contributed by atoms with E-state index in [9.17, 15) is 4.39 Å². The minimum atomic E-state index is -0.0631. The molecule has 1 unspecified atom stereocenters. The number of rotatable bonds is 1. The van der Waals surface area contributed by atoms with Gasteiger partial charge in [0.05, 0.1) is 0 Å². The predicted molar refractivity (Wildman–Crippen MR) is 59.1 cm³/mol. The molecule has 0 aliphatic carbocycles. The smallest absolute Gasteiger partial charge is 0.127 e. The molecule has 1 aliphatic heterocycles. The molecule has 1 fully saturated rings. The second-order valence-electron chi connectivity index (χ2n) is 3.42. The van der Waals surface area contributed by atoms with Crippen LogP contribution < -0.4 is 5.32 Å². The molecule has 0 bridgehead atoms. The van der Waals surface area contributed by atoms with Crippen molar-refractivity contribution in [2.75, 3.05) is 18.8 Å². The van der Waals surface area contributed by atoms with Crippen molar-refractivity contribution in [3.05, 3.63) is 35.6 Å². The summed E-state index contributed by atoms with van der Waals surface area (Å²) in [5, 5.41) is 3.65. The molecular formula is C11H14FNS. The van der Waals surface area contributed by atoms with Crippen LogP contribution in [0.25, 0.3) is 0 Å². The lowest BCUT2D eigenvalue weighted by atomic mass is 10.1. The summed E-state index contributed by atoms with van der Waals surface area (Å²) in [6.07, 6.45) is 1.02. The summed E-state index contributed by atoms with van der Waals surface area (Å²) in [5.74, 6) is 1.01. The summed E-state index contributed by atoms with van der Waals surface area (Å²) in [6, 6.07) is 7.11. The van der Waals surface area contributed by atoms with Gasteiger partial charge < -0.3 is 5.32 Å². The van der Waals surface area contributed by atoms with Crippen LogP contribution in [-0.2, 0) is 0 Å². The first-order chi connectivity index (χ1) is 6.88. The van der Waals surface area contributed by atoms with Crippen LogP contribution in [0.1, 0.15) is 17.2 Å². The van der Waals surface area contributed by atoms with Gasteiger partial charge in [-0.2, -0.15) is 11.8 Å². The molecule has 1 aliphatic rings. The highest BCUT2D eigenvalue weighted by molar-refractivity contribution is 7.99. The predicted octanol–water partition coefficient (Wildman–Crippen LogP) is 2.59. The molecule has 1 saturated heterocycles. The Morgan fingerprint density at radius 1 is 1.29 bits per heavy atom. The molecule has 0 radical (unpaired) electrons. The highest BCUT2D eigenvalue weighted by Gasteiger charge is 2.17. The highest BCUT2D eigenvalue weighted by Crippen LogP contribution is 2.33. The van der Waals surface area contributed by atoms with E-state index < -0.39 is 0 Å². The topological polar surface area (TPSA) is 12.0 Å². The fourth-order valence-electron chi connectivity index (χ4n) is 1.70. The molecule has 1 aromatic rings. The zero-order valence-electron chi connectivity index (χ0n) is 8.00. The summed E-state index contributed by atoms with van der Waals surface area (Å²) in [5.41, 5.74) is 0.862. The Bertz CT molecular complexity index is 295. The SMILES string of the molecule is Fc1ccccc1C1CCNCCS1. The number of hydrogen-bond acceptors (Lipinski definition) is 2. The summed E-state index contributed by atoms with van der Waals surface area (Å²) < 4.78 is 13.5. The first-order valence-electron chi connectivity index (χ1n) is 4.94. The Hall–Kier alpha value is -0.540. The van der Waals surface area contributed by atoms with Gasteiger partial charge in [-0.05, 0) is 19.0 Å². The van der Waals surface area contributed by atoms with Gasteiger partial charge in [-0.3, -0.25) is 0 Å². The number of thioether (sulfide) groups is 1. The van der Waals surface area contributed by atoms with Gasteiger partial charge in [0.1, 0.15) is 5.82 Å². The maximum Gasteiger partial charge on any atom is 0.127 e. The lowest BCUT2D eigenvalue weighted by Gasteiger charge is -2.13. The molecule has 1 N–H and O–H groups in total.